The van der Waals surface area contributed by atoms with Crippen LogP contribution in [0, 0.1) is 11.6 Å². The molecule has 5 rings (SSSR count). The van der Waals surface area contributed by atoms with Crippen molar-refractivity contribution in [3.63, 3.8) is 0 Å². The van der Waals surface area contributed by atoms with E-state index < -0.39 is 41.2 Å². The number of pyridine rings is 1. The number of hydrogen-bond donors (Lipinski definition) is 2. The fourth-order valence-corrected chi connectivity index (χ4v) is 4.85. The normalized spacial score (nSPS) is 18.8. The van der Waals surface area contributed by atoms with E-state index in [2.05, 4.69) is 20.4 Å². The van der Waals surface area contributed by atoms with Gasteiger partial charge in [-0.3, -0.25) is 19.5 Å². The monoisotopic (exact) mass is 562 g/mol. The first-order chi connectivity index (χ1) is 19.0. The summed E-state index contributed by atoms with van der Waals surface area (Å²) in [6, 6.07) is 7.22. The molecule has 13 heteroatoms. The number of aromatic nitrogens is 1. The minimum atomic E-state index is -5.16. The maximum Gasteiger partial charge on any atom is 0.573 e. The molecule has 2 N–H and O–H groups in total. The molecule has 3 heterocycles. The summed E-state index contributed by atoms with van der Waals surface area (Å²) in [6.07, 6.45) is -0.728. The third-order valence-electron chi connectivity index (χ3n) is 6.45. The Morgan fingerprint density at radius 2 is 1.70 bits per heavy atom. The van der Waals surface area contributed by atoms with Crippen LogP contribution in [-0.2, 0) is 9.53 Å². The second-order valence-electron chi connectivity index (χ2n) is 9.50. The van der Waals surface area contributed by atoms with Gasteiger partial charge in [0.2, 0.25) is 5.91 Å². The molecule has 0 radical (unpaired) electrons. The maximum absolute atomic E-state index is 14.1. The standard InChI is InChI=1S/C27H23F5N4O4/c28-17-6-16(7-18(29)8-17)21-9-24(40-27(30,31)32)23(10-22(21)35-26(38)15-2-1-5-33-11-15)34-25(37)14-36-12-19-3-4-20(13-36)39-19/h1-2,5-11,19-20H,3-4,12-14H2,(H,34,37)(H,35,38). The van der Waals surface area contributed by atoms with Crippen LogP contribution in [0.1, 0.15) is 23.2 Å². The largest absolute Gasteiger partial charge is 0.573 e. The molecule has 210 valence electrons. The van der Waals surface area contributed by atoms with Gasteiger partial charge in [-0.25, -0.2) is 8.78 Å². The van der Waals surface area contributed by atoms with E-state index in [1.165, 1.54) is 24.5 Å². The predicted octanol–water partition coefficient (Wildman–Crippen LogP) is 4.98. The van der Waals surface area contributed by atoms with Crippen LogP contribution in [0.3, 0.4) is 0 Å². The van der Waals surface area contributed by atoms with Crippen LogP contribution < -0.4 is 15.4 Å². The van der Waals surface area contributed by atoms with E-state index >= 15 is 0 Å². The van der Waals surface area contributed by atoms with E-state index in [0.717, 1.165) is 37.1 Å². The number of anilines is 2. The zero-order chi connectivity index (χ0) is 28.4. The van der Waals surface area contributed by atoms with E-state index in [0.29, 0.717) is 19.2 Å². The number of halogens is 5. The summed E-state index contributed by atoms with van der Waals surface area (Å²) < 4.78 is 78.1. The lowest BCUT2D eigenvalue weighted by Crippen LogP contribution is -2.45. The fraction of sp³-hybridized carbons (Fsp3) is 0.296. The van der Waals surface area contributed by atoms with Crippen molar-refractivity contribution in [1.82, 2.24) is 9.88 Å². The highest BCUT2D eigenvalue weighted by Gasteiger charge is 2.35. The minimum absolute atomic E-state index is 0.00379. The number of ether oxygens (including phenoxy) is 2. The topological polar surface area (TPSA) is 92.8 Å². The molecule has 3 aromatic rings. The number of benzene rings is 2. The van der Waals surface area contributed by atoms with E-state index in [-0.39, 0.29) is 41.1 Å². The molecule has 2 bridgehead atoms. The van der Waals surface area contributed by atoms with Crippen molar-refractivity contribution in [1.29, 1.82) is 0 Å². The SMILES string of the molecule is O=C(CN1CC2CCC(C1)O2)Nc1cc(NC(=O)c2cccnc2)c(-c2cc(F)cc(F)c2)cc1OC(F)(F)F. The van der Waals surface area contributed by atoms with Gasteiger partial charge < -0.3 is 20.1 Å². The summed E-state index contributed by atoms with van der Waals surface area (Å²) >= 11 is 0. The maximum atomic E-state index is 14.1. The summed E-state index contributed by atoms with van der Waals surface area (Å²) in [6.45, 7) is 0.898. The van der Waals surface area contributed by atoms with Crippen LogP contribution in [0.25, 0.3) is 11.1 Å². The molecular formula is C27H23F5N4O4. The average Bonchev–Trinajstić information content (AvgIpc) is 3.22. The van der Waals surface area contributed by atoms with Crippen molar-refractivity contribution in [2.45, 2.75) is 31.4 Å². The third kappa shape index (κ3) is 6.72. The van der Waals surface area contributed by atoms with Gasteiger partial charge >= 0.3 is 6.36 Å². The van der Waals surface area contributed by atoms with Crippen LogP contribution in [0.15, 0.2) is 54.9 Å². The molecule has 40 heavy (non-hydrogen) atoms. The van der Waals surface area contributed by atoms with Gasteiger partial charge in [-0.05, 0) is 54.8 Å². The van der Waals surface area contributed by atoms with Gasteiger partial charge in [-0.15, -0.1) is 13.2 Å². The Morgan fingerprint density at radius 3 is 2.33 bits per heavy atom. The predicted molar refractivity (Wildman–Crippen MR) is 134 cm³/mol. The summed E-state index contributed by atoms with van der Waals surface area (Å²) in [5.74, 6) is -4.13. The number of amides is 2. The number of hydrogen-bond acceptors (Lipinski definition) is 6. The molecule has 2 amide bonds. The number of fused-ring (bicyclic) bond motifs is 2. The number of carbonyl (C=O) groups is 2. The molecule has 8 nitrogen and oxygen atoms in total. The van der Waals surface area contributed by atoms with Crippen LogP contribution >= 0.6 is 0 Å². The Kier molecular flexibility index (Phi) is 7.68. The molecule has 2 aromatic carbocycles. The Hall–Kier alpha value is -4.10. The van der Waals surface area contributed by atoms with E-state index in [4.69, 9.17) is 4.74 Å². The molecule has 2 atom stereocenters. The van der Waals surface area contributed by atoms with Crippen LogP contribution in [0.4, 0.5) is 33.3 Å². The number of morpholine rings is 1. The Labute approximate surface area is 225 Å². The molecule has 2 saturated heterocycles. The van der Waals surface area contributed by atoms with Gasteiger partial charge in [0.15, 0.2) is 5.75 Å². The van der Waals surface area contributed by atoms with E-state index in [1.807, 2.05) is 4.90 Å². The highest BCUT2D eigenvalue weighted by molar-refractivity contribution is 6.07. The lowest BCUT2D eigenvalue weighted by Gasteiger charge is -2.31. The second kappa shape index (κ2) is 11.2. The first kappa shape index (κ1) is 27.5. The second-order valence-corrected chi connectivity index (χ2v) is 9.50. The summed E-state index contributed by atoms with van der Waals surface area (Å²) in [4.78, 5) is 31.5. The van der Waals surface area contributed by atoms with Gasteiger partial charge in [0.05, 0.1) is 35.7 Å². The van der Waals surface area contributed by atoms with Crippen molar-refractivity contribution < 1.29 is 41.0 Å². The van der Waals surface area contributed by atoms with Gasteiger partial charge in [0, 0.05) is 37.1 Å². The lowest BCUT2D eigenvalue weighted by atomic mass is 10.0. The molecular weight excluding hydrogens is 539 g/mol. The Balaban J connectivity index is 1.51. The zero-order valence-electron chi connectivity index (χ0n) is 20.8. The molecule has 0 aliphatic carbocycles. The van der Waals surface area contributed by atoms with Crippen molar-refractivity contribution in [3.8, 4) is 16.9 Å². The molecule has 2 aliphatic heterocycles. The van der Waals surface area contributed by atoms with Gasteiger partial charge in [-0.1, -0.05) is 0 Å². The quantitative estimate of drug-likeness (QED) is 0.395. The van der Waals surface area contributed by atoms with E-state index in [1.54, 1.807) is 0 Å². The number of likely N-dealkylation sites (tertiary alicyclic amines) is 1. The van der Waals surface area contributed by atoms with Crippen molar-refractivity contribution in [2.75, 3.05) is 30.3 Å². The molecule has 2 unspecified atom stereocenters. The minimum Gasteiger partial charge on any atom is -0.404 e. The number of carbonyl (C=O) groups excluding carboxylic acids is 2. The number of rotatable bonds is 7. The number of nitrogens with zero attached hydrogens (tertiary/aromatic N) is 2. The highest BCUT2D eigenvalue weighted by Crippen LogP contribution is 2.40. The molecule has 0 saturated carbocycles. The zero-order valence-corrected chi connectivity index (χ0v) is 20.8. The molecule has 2 aliphatic rings. The summed E-state index contributed by atoms with van der Waals surface area (Å²) in [5, 5.41) is 4.96. The molecule has 2 fully saturated rings. The summed E-state index contributed by atoms with van der Waals surface area (Å²) in [5.41, 5.74) is -0.777. The van der Waals surface area contributed by atoms with Crippen LogP contribution in [0.2, 0.25) is 0 Å². The highest BCUT2D eigenvalue weighted by atomic mass is 19.4. The lowest BCUT2D eigenvalue weighted by molar-refractivity contribution is -0.274. The van der Waals surface area contributed by atoms with Crippen LogP contribution in [0.5, 0.6) is 5.75 Å². The Bertz CT molecular complexity index is 1390. The van der Waals surface area contributed by atoms with E-state index in [9.17, 15) is 31.5 Å². The first-order valence-electron chi connectivity index (χ1n) is 12.3. The fourth-order valence-electron chi connectivity index (χ4n) is 4.85. The van der Waals surface area contributed by atoms with Crippen LogP contribution in [-0.4, -0.2) is 59.9 Å². The van der Waals surface area contributed by atoms with Gasteiger partial charge in [-0.2, -0.15) is 0 Å². The smallest absolute Gasteiger partial charge is 0.404 e. The number of nitrogens with one attached hydrogen (secondary N) is 2. The summed E-state index contributed by atoms with van der Waals surface area (Å²) in [7, 11) is 0. The van der Waals surface area contributed by atoms with Gasteiger partial charge in [0.25, 0.3) is 5.91 Å². The Morgan fingerprint density at radius 1 is 1.00 bits per heavy atom. The van der Waals surface area contributed by atoms with Crippen molar-refractivity contribution >= 4 is 23.2 Å². The molecule has 1 aromatic heterocycles. The molecule has 0 spiro atoms. The third-order valence-corrected chi connectivity index (χ3v) is 6.45. The average molecular weight is 562 g/mol. The van der Waals surface area contributed by atoms with Crippen molar-refractivity contribution in [3.05, 3.63) is 72.1 Å². The van der Waals surface area contributed by atoms with Crippen molar-refractivity contribution in [2.24, 2.45) is 0 Å². The van der Waals surface area contributed by atoms with Gasteiger partial charge in [0.1, 0.15) is 11.6 Å². The first-order valence-corrected chi connectivity index (χ1v) is 12.3. The number of alkyl halides is 3.